The molecule has 1 rings (SSSR count). The van der Waals surface area contributed by atoms with E-state index in [0.717, 1.165) is 12.8 Å². The fraction of sp³-hybridized carbons (Fsp3) is 0.875. The summed E-state index contributed by atoms with van der Waals surface area (Å²) in [5.74, 6) is -0.442. The smallest absolute Gasteiger partial charge is 0.303 e. The van der Waals surface area contributed by atoms with Gasteiger partial charge in [-0.05, 0) is 12.8 Å². The molecule has 0 N–H and O–H groups in total. The number of rotatable bonds is 1. The summed E-state index contributed by atoms with van der Waals surface area (Å²) in [6.07, 6.45) is -1.52. The maximum atomic E-state index is 12.2. The van der Waals surface area contributed by atoms with Crippen molar-refractivity contribution in [3.05, 3.63) is 11.4 Å². The van der Waals surface area contributed by atoms with Crippen LogP contribution in [-0.2, 0) is 0 Å². The highest BCUT2D eigenvalue weighted by molar-refractivity contribution is 4.93. The Labute approximate surface area is 69.4 Å². The quantitative estimate of drug-likeness (QED) is 0.542. The van der Waals surface area contributed by atoms with Gasteiger partial charge in [-0.2, -0.15) is 13.2 Å². The van der Waals surface area contributed by atoms with E-state index >= 15 is 0 Å². The molecule has 68 valence electrons. The Balaban J connectivity index is 2.63. The summed E-state index contributed by atoms with van der Waals surface area (Å²) in [6.45, 7) is 6.49. The van der Waals surface area contributed by atoms with Gasteiger partial charge in [0.2, 0.25) is 0 Å². The summed E-state index contributed by atoms with van der Waals surface area (Å²) in [5.41, 5.74) is 0. The van der Waals surface area contributed by atoms with Crippen molar-refractivity contribution < 1.29 is 13.2 Å². The zero-order chi connectivity index (χ0) is 9.19. The zero-order valence-corrected chi connectivity index (χ0v) is 6.56. The van der Waals surface area contributed by atoms with Gasteiger partial charge in [-0.15, -0.1) is 0 Å². The highest BCUT2D eigenvalue weighted by atomic mass is 19.4. The Morgan fingerprint density at radius 2 is 1.75 bits per heavy atom. The Kier molecular flexibility index (Phi) is 2.61. The molecule has 0 radical (unpaired) electrons. The number of nitrogens with zero attached hydrogens (tertiary/aromatic N) is 1. The topological polar surface area (TPSA) is 4.36 Å². The Bertz CT molecular complexity index is 185. The van der Waals surface area contributed by atoms with Crippen LogP contribution in [0.4, 0.5) is 13.2 Å². The van der Waals surface area contributed by atoms with E-state index < -0.39 is 18.1 Å². The highest BCUT2D eigenvalue weighted by Crippen LogP contribution is 2.37. The van der Waals surface area contributed by atoms with Crippen molar-refractivity contribution in [2.45, 2.75) is 37.9 Å². The van der Waals surface area contributed by atoms with Gasteiger partial charge in [-0.1, -0.05) is 12.8 Å². The number of halogens is 3. The summed E-state index contributed by atoms with van der Waals surface area (Å²) in [7, 11) is 0. The minimum atomic E-state index is -4.32. The van der Waals surface area contributed by atoms with E-state index in [9.17, 15) is 13.2 Å². The van der Waals surface area contributed by atoms with Crippen molar-refractivity contribution in [3.8, 4) is 0 Å². The standard InChI is InChI=1S/C8H10F3N/c1-12-7(8(9,10)11)6-4-2-3-5-6/h6-7H,2-5H2. The molecule has 1 atom stereocenters. The second kappa shape index (κ2) is 3.34. The van der Waals surface area contributed by atoms with E-state index in [2.05, 4.69) is 4.85 Å². The second-order valence-corrected chi connectivity index (χ2v) is 3.16. The molecular weight excluding hydrogens is 167 g/mol. The Hall–Kier alpha value is -0.720. The van der Waals surface area contributed by atoms with Crippen LogP contribution in [0.3, 0.4) is 0 Å². The van der Waals surface area contributed by atoms with Crippen molar-refractivity contribution >= 4 is 0 Å². The van der Waals surface area contributed by atoms with E-state index in [1.807, 2.05) is 0 Å². The molecular formula is C8H10F3N. The largest absolute Gasteiger partial charge is 0.466 e. The van der Waals surface area contributed by atoms with Gasteiger partial charge in [0.25, 0.3) is 0 Å². The van der Waals surface area contributed by atoms with E-state index in [0.29, 0.717) is 12.8 Å². The monoisotopic (exact) mass is 177 g/mol. The van der Waals surface area contributed by atoms with Gasteiger partial charge in [-0.3, -0.25) is 0 Å². The normalized spacial score (nSPS) is 22.2. The van der Waals surface area contributed by atoms with Crippen LogP contribution in [0.25, 0.3) is 4.85 Å². The van der Waals surface area contributed by atoms with Crippen molar-refractivity contribution in [2.24, 2.45) is 5.92 Å². The summed E-state index contributed by atoms with van der Waals surface area (Å²) >= 11 is 0. The van der Waals surface area contributed by atoms with Gasteiger partial charge in [0.05, 0.1) is 0 Å². The predicted octanol–water partition coefficient (Wildman–Crippen LogP) is 3.03. The number of alkyl halides is 3. The predicted molar refractivity (Wildman–Crippen MR) is 38.4 cm³/mol. The van der Waals surface area contributed by atoms with Crippen LogP contribution in [-0.4, -0.2) is 12.2 Å². The average molecular weight is 177 g/mol. The molecule has 0 aromatic carbocycles. The lowest BCUT2D eigenvalue weighted by Crippen LogP contribution is -2.31. The molecule has 12 heavy (non-hydrogen) atoms. The van der Waals surface area contributed by atoms with Crippen LogP contribution in [0.5, 0.6) is 0 Å². The van der Waals surface area contributed by atoms with E-state index in [1.165, 1.54) is 0 Å². The van der Waals surface area contributed by atoms with Gasteiger partial charge < -0.3 is 4.85 Å². The van der Waals surface area contributed by atoms with Crippen LogP contribution < -0.4 is 0 Å². The molecule has 0 spiro atoms. The zero-order valence-electron chi connectivity index (χ0n) is 6.56. The average Bonchev–Trinajstić information content (AvgIpc) is 2.38. The molecule has 0 saturated heterocycles. The summed E-state index contributed by atoms with van der Waals surface area (Å²) in [5, 5.41) is 0. The molecule has 0 amide bonds. The van der Waals surface area contributed by atoms with Gasteiger partial charge in [0.15, 0.2) is 0 Å². The number of hydrogen-bond donors (Lipinski definition) is 0. The van der Waals surface area contributed by atoms with Crippen LogP contribution in [0.15, 0.2) is 0 Å². The third-order valence-electron chi connectivity index (χ3n) is 2.32. The van der Waals surface area contributed by atoms with Gasteiger partial charge >= 0.3 is 12.2 Å². The molecule has 1 nitrogen and oxygen atoms in total. The van der Waals surface area contributed by atoms with Crippen LogP contribution in [0.2, 0.25) is 0 Å². The van der Waals surface area contributed by atoms with Gasteiger partial charge in [0.1, 0.15) is 0 Å². The Morgan fingerprint density at radius 1 is 1.25 bits per heavy atom. The van der Waals surface area contributed by atoms with Crippen LogP contribution >= 0.6 is 0 Å². The molecule has 1 aliphatic carbocycles. The first-order chi connectivity index (χ1) is 5.55. The fourth-order valence-electron chi connectivity index (χ4n) is 1.72. The second-order valence-electron chi connectivity index (χ2n) is 3.16. The summed E-state index contributed by atoms with van der Waals surface area (Å²) in [6, 6.07) is -1.75. The lowest BCUT2D eigenvalue weighted by atomic mass is 9.98. The lowest BCUT2D eigenvalue weighted by molar-refractivity contribution is -0.148. The van der Waals surface area contributed by atoms with E-state index in [-0.39, 0.29) is 0 Å². The maximum Gasteiger partial charge on any atom is 0.466 e. The molecule has 1 saturated carbocycles. The van der Waals surface area contributed by atoms with Gasteiger partial charge in [-0.25, -0.2) is 6.57 Å². The van der Waals surface area contributed by atoms with Crippen LogP contribution in [0.1, 0.15) is 25.7 Å². The molecule has 0 bridgehead atoms. The van der Waals surface area contributed by atoms with Crippen LogP contribution in [0, 0.1) is 12.5 Å². The first-order valence-corrected chi connectivity index (χ1v) is 3.99. The molecule has 1 fully saturated rings. The maximum absolute atomic E-state index is 12.2. The third kappa shape index (κ3) is 1.90. The third-order valence-corrected chi connectivity index (χ3v) is 2.32. The van der Waals surface area contributed by atoms with Crippen molar-refractivity contribution in [3.63, 3.8) is 0 Å². The minimum Gasteiger partial charge on any atom is -0.303 e. The van der Waals surface area contributed by atoms with E-state index in [1.54, 1.807) is 0 Å². The van der Waals surface area contributed by atoms with E-state index in [4.69, 9.17) is 6.57 Å². The summed E-state index contributed by atoms with van der Waals surface area (Å²) in [4.78, 5) is 2.67. The molecule has 0 aromatic rings. The summed E-state index contributed by atoms with van der Waals surface area (Å²) < 4.78 is 36.5. The molecule has 4 heteroatoms. The molecule has 1 aliphatic rings. The molecule has 0 heterocycles. The molecule has 0 aromatic heterocycles. The minimum absolute atomic E-state index is 0.442. The first-order valence-electron chi connectivity index (χ1n) is 3.99. The van der Waals surface area contributed by atoms with Crippen molar-refractivity contribution in [1.82, 2.24) is 0 Å². The molecule has 0 aliphatic heterocycles. The fourth-order valence-corrected chi connectivity index (χ4v) is 1.72. The molecule has 1 unspecified atom stereocenters. The first kappa shape index (κ1) is 9.37. The lowest BCUT2D eigenvalue weighted by Gasteiger charge is -2.14. The van der Waals surface area contributed by atoms with Gasteiger partial charge in [0, 0.05) is 5.92 Å². The van der Waals surface area contributed by atoms with Crippen molar-refractivity contribution in [2.75, 3.05) is 0 Å². The van der Waals surface area contributed by atoms with Crippen molar-refractivity contribution in [1.29, 1.82) is 0 Å². The Morgan fingerprint density at radius 3 is 2.08 bits per heavy atom. The highest BCUT2D eigenvalue weighted by Gasteiger charge is 2.51. The SMILES string of the molecule is [C-]#[N+]C(C1CCCC1)C(F)(F)F. The number of hydrogen-bond acceptors (Lipinski definition) is 0.